The van der Waals surface area contributed by atoms with Gasteiger partial charge in [0.15, 0.2) is 0 Å². The van der Waals surface area contributed by atoms with E-state index in [0.29, 0.717) is 17.7 Å². The summed E-state index contributed by atoms with van der Waals surface area (Å²) in [7, 11) is 0. The summed E-state index contributed by atoms with van der Waals surface area (Å²) in [5, 5.41) is 35.4. The zero-order chi connectivity index (χ0) is 26.8. The van der Waals surface area contributed by atoms with Crippen molar-refractivity contribution >= 4 is 29.2 Å². The Morgan fingerprint density at radius 3 is 2.50 bits per heavy atom. The van der Waals surface area contributed by atoms with Gasteiger partial charge >= 0.3 is 5.97 Å². The zero-order valence-corrected chi connectivity index (χ0v) is 23.0. The van der Waals surface area contributed by atoms with Crippen molar-refractivity contribution in [3.8, 4) is 0 Å². The molecule has 3 heterocycles. The molecule has 0 bridgehead atoms. The number of esters is 1. The highest BCUT2D eigenvalue weighted by molar-refractivity contribution is 7.09. The first-order chi connectivity index (χ1) is 16.7. The second kappa shape index (κ2) is 11.4. The number of ketones is 1. The SMILES string of the molecule is Cc1nc(/C=C2/COC(=O)C[C@H](O)C(C)(C)C(=O)[C@H](C)[C@@H](O)[C@@H](C)CCC[C@@]3(C)O[C@@H]3C[C@@H]2O)cs1. The van der Waals surface area contributed by atoms with E-state index in [-0.39, 0.29) is 36.4 Å². The standard InChI is InChI=1S/C27H41NO7S/c1-15-8-7-9-27(6)22(35-27)11-20(29)18(10-19-14-36-17(3)28-19)13-34-23(31)12-21(30)26(4,5)25(33)16(2)24(15)32/h10,14-16,20-22,24,29-30,32H,7-9,11-13H2,1-6H3/b18-10-/t15-,16+,20-,21-,22+,24-,27+/m0/s1. The Kier molecular flexibility index (Phi) is 9.15. The second-order valence-corrected chi connectivity index (χ2v) is 12.4. The number of carbonyl (C=O) groups excluding carboxylic acids is 2. The molecule has 9 heteroatoms. The summed E-state index contributed by atoms with van der Waals surface area (Å²) >= 11 is 1.49. The first kappa shape index (κ1) is 28.9. The molecule has 3 rings (SSSR count). The molecular weight excluding hydrogens is 482 g/mol. The van der Waals surface area contributed by atoms with Crippen LogP contribution in [0.25, 0.3) is 6.08 Å². The Bertz CT molecular complexity index is 973. The molecule has 2 aliphatic rings. The number of rotatable bonds is 1. The predicted octanol–water partition coefficient (Wildman–Crippen LogP) is 3.45. The molecule has 3 N–H and O–H groups in total. The lowest BCUT2D eigenvalue weighted by Crippen LogP contribution is -2.45. The number of hydrogen-bond acceptors (Lipinski definition) is 9. The summed E-state index contributed by atoms with van der Waals surface area (Å²) in [6.07, 6.45) is 0.858. The molecule has 0 unspecified atom stereocenters. The van der Waals surface area contributed by atoms with Crippen molar-refractivity contribution in [3.05, 3.63) is 21.7 Å². The van der Waals surface area contributed by atoms with Crippen molar-refractivity contribution in [1.82, 2.24) is 4.98 Å². The molecule has 2 aliphatic heterocycles. The molecule has 1 aromatic rings. The largest absolute Gasteiger partial charge is 0.461 e. The maximum absolute atomic E-state index is 13.2. The number of aromatic nitrogens is 1. The fourth-order valence-electron chi connectivity index (χ4n) is 5.01. The van der Waals surface area contributed by atoms with Crippen molar-refractivity contribution in [2.45, 2.75) is 104 Å². The van der Waals surface area contributed by atoms with Crippen molar-refractivity contribution < 1.29 is 34.4 Å². The minimum Gasteiger partial charge on any atom is -0.461 e. The van der Waals surface area contributed by atoms with E-state index in [1.807, 2.05) is 26.2 Å². The van der Waals surface area contributed by atoms with Gasteiger partial charge in [-0.1, -0.05) is 34.1 Å². The number of carbonyl (C=O) groups is 2. The molecule has 0 saturated carbocycles. The molecule has 0 aliphatic carbocycles. The van der Waals surface area contributed by atoms with Crippen LogP contribution in [-0.2, 0) is 19.1 Å². The van der Waals surface area contributed by atoms with Crippen LogP contribution in [0.5, 0.6) is 0 Å². The quantitative estimate of drug-likeness (QED) is 0.377. The molecule has 8 nitrogen and oxygen atoms in total. The number of thiazole rings is 1. The molecule has 0 radical (unpaired) electrons. The highest BCUT2D eigenvalue weighted by Crippen LogP contribution is 2.44. The number of fused-ring (bicyclic) bond motifs is 1. The molecule has 36 heavy (non-hydrogen) atoms. The number of epoxide rings is 1. The summed E-state index contributed by atoms with van der Waals surface area (Å²) in [6, 6.07) is 0. The third-order valence-corrected chi connectivity index (χ3v) is 8.73. The van der Waals surface area contributed by atoms with E-state index in [9.17, 15) is 24.9 Å². The summed E-state index contributed by atoms with van der Waals surface area (Å²) in [5.74, 6) is -1.78. The normalized spacial score (nSPS) is 38.1. The molecule has 0 aromatic carbocycles. The van der Waals surface area contributed by atoms with Crippen molar-refractivity contribution in [1.29, 1.82) is 0 Å². The summed E-state index contributed by atoms with van der Waals surface area (Å²) < 4.78 is 11.4. The molecule has 1 aromatic heterocycles. The predicted molar refractivity (Wildman–Crippen MR) is 137 cm³/mol. The van der Waals surface area contributed by atoms with Gasteiger partial charge in [0.2, 0.25) is 0 Å². The van der Waals surface area contributed by atoms with Gasteiger partial charge in [0.1, 0.15) is 12.4 Å². The smallest absolute Gasteiger partial charge is 0.308 e. The Morgan fingerprint density at radius 2 is 1.86 bits per heavy atom. The van der Waals surface area contributed by atoms with Gasteiger partial charge in [0, 0.05) is 17.7 Å². The van der Waals surface area contributed by atoms with Gasteiger partial charge in [-0.15, -0.1) is 11.3 Å². The number of nitrogens with zero attached hydrogens (tertiary/aromatic N) is 1. The minimum atomic E-state index is -1.28. The van der Waals surface area contributed by atoms with Crippen molar-refractivity contribution in [3.63, 3.8) is 0 Å². The maximum atomic E-state index is 13.2. The minimum absolute atomic E-state index is 0.122. The molecule has 0 amide bonds. The van der Waals surface area contributed by atoms with Gasteiger partial charge in [-0.25, -0.2) is 4.98 Å². The van der Waals surface area contributed by atoms with Gasteiger partial charge in [0.25, 0.3) is 0 Å². The number of cyclic esters (lactones) is 1. The highest BCUT2D eigenvalue weighted by Gasteiger charge is 2.52. The van der Waals surface area contributed by atoms with Gasteiger partial charge in [-0.05, 0) is 44.3 Å². The monoisotopic (exact) mass is 523 g/mol. The van der Waals surface area contributed by atoms with Crippen LogP contribution >= 0.6 is 11.3 Å². The van der Waals surface area contributed by atoms with E-state index >= 15 is 0 Å². The van der Waals surface area contributed by atoms with E-state index < -0.39 is 35.6 Å². The van der Waals surface area contributed by atoms with Crippen LogP contribution in [0.3, 0.4) is 0 Å². The highest BCUT2D eigenvalue weighted by atomic mass is 32.1. The lowest BCUT2D eigenvalue weighted by Gasteiger charge is -2.34. The average molecular weight is 524 g/mol. The lowest BCUT2D eigenvalue weighted by molar-refractivity contribution is -0.151. The number of aliphatic hydroxyl groups is 3. The van der Waals surface area contributed by atoms with Crippen molar-refractivity contribution in [2.24, 2.45) is 17.3 Å². The fourth-order valence-corrected chi connectivity index (χ4v) is 5.58. The van der Waals surface area contributed by atoms with Gasteiger partial charge in [0.05, 0.1) is 52.6 Å². The van der Waals surface area contributed by atoms with E-state index in [2.05, 4.69) is 4.98 Å². The van der Waals surface area contributed by atoms with Crippen LogP contribution in [0, 0.1) is 24.2 Å². The zero-order valence-electron chi connectivity index (χ0n) is 22.2. The van der Waals surface area contributed by atoms with Crippen LogP contribution in [-0.4, -0.2) is 68.7 Å². The van der Waals surface area contributed by atoms with Crippen molar-refractivity contribution in [2.75, 3.05) is 6.61 Å². The lowest BCUT2D eigenvalue weighted by atomic mass is 9.73. The third kappa shape index (κ3) is 6.81. The van der Waals surface area contributed by atoms with E-state index in [1.165, 1.54) is 11.3 Å². The third-order valence-electron chi connectivity index (χ3n) is 7.94. The van der Waals surface area contributed by atoms with Gasteiger partial charge in [-0.3, -0.25) is 9.59 Å². The molecule has 2 saturated heterocycles. The van der Waals surface area contributed by atoms with Gasteiger partial charge < -0.3 is 24.8 Å². The second-order valence-electron chi connectivity index (χ2n) is 11.3. The maximum Gasteiger partial charge on any atom is 0.308 e. The number of ether oxygens (including phenoxy) is 2. The van der Waals surface area contributed by atoms with Gasteiger partial charge in [-0.2, -0.15) is 0 Å². The fraction of sp³-hybridized carbons (Fsp3) is 0.741. The summed E-state index contributed by atoms with van der Waals surface area (Å²) in [5.41, 5.74) is -0.423. The number of hydrogen-bond donors (Lipinski definition) is 3. The summed E-state index contributed by atoms with van der Waals surface area (Å²) in [6.45, 7) is 10.5. The number of aliphatic hydroxyl groups excluding tert-OH is 3. The molecule has 202 valence electrons. The van der Waals surface area contributed by atoms with Crippen LogP contribution in [0.1, 0.15) is 77.4 Å². The van der Waals surface area contributed by atoms with E-state index in [4.69, 9.17) is 9.47 Å². The Labute approximate surface area is 217 Å². The first-order valence-electron chi connectivity index (χ1n) is 12.8. The number of aryl methyl sites for hydroxylation is 1. The Morgan fingerprint density at radius 1 is 1.17 bits per heavy atom. The van der Waals surface area contributed by atoms with Crippen LogP contribution < -0.4 is 0 Å². The van der Waals surface area contributed by atoms with E-state index in [0.717, 1.165) is 24.3 Å². The van der Waals surface area contributed by atoms with Crippen LogP contribution in [0.15, 0.2) is 11.0 Å². The van der Waals surface area contributed by atoms with E-state index in [1.54, 1.807) is 26.8 Å². The average Bonchev–Trinajstić information content (AvgIpc) is 3.24. The van der Waals surface area contributed by atoms with Crippen LogP contribution in [0.2, 0.25) is 0 Å². The Balaban J connectivity index is 1.83. The summed E-state index contributed by atoms with van der Waals surface area (Å²) in [4.78, 5) is 30.2. The first-order valence-corrected chi connectivity index (χ1v) is 13.7. The molecule has 2 fully saturated rings. The topological polar surface area (TPSA) is 129 Å². The number of Topliss-reactive ketones (excluding diaryl/α,β-unsaturated/α-hetero) is 1. The molecular formula is C27H41NO7S. The van der Waals surface area contributed by atoms with Crippen LogP contribution in [0.4, 0.5) is 0 Å². The molecule has 0 spiro atoms. The molecule has 7 atom stereocenters. The Hall–Kier alpha value is -1.65.